The third kappa shape index (κ3) is 3.94. The Morgan fingerprint density at radius 1 is 1.58 bits per heavy atom. The molecular formula is C14H20N2O3. The number of ether oxygens (including phenoxy) is 1. The van der Waals surface area contributed by atoms with Crippen LogP contribution < -0.4 is 10.6 Å². The first-order chi connectivity index (χ1) is 9.19. The summed E-state index contributed by atoms with van der Waals surface area (Å²) in [5.74, 6) is -0.0232. The first-order valence-corrected chi connectivity index (χ1v) is 6.62. The molecule has 1 aliphatic rings. The average Bonchev–Trinajstić information content (AvgIpc) is 2.42. The van der Waals surface area contributed by atoms with E-state index < -0.39 is 0 Å². The molecule has 5 heteroatoms. The molecule has 1 atom stereocenters. The molecule has 3 N–H and O–H groups in total. The van der Waals surface area contributed by atoms with E-state index >= 15 is 0 Å². The summed E-state index contributed by atoms with van der Waals surface area (Å²) in [5, 5.41) is 15.7. The fourth-order valence-electron chi connectivity index (χ4n) is 2.08. The van der Waals surface area contributed by atoms with Crippen LogP contribution >= 0.6 is 0 Å². The number of phenols is 1. The highest BCUT2D eigenvalue weighted by Gasteiger charge is 2.17. The number of morpholine rings is 1. The van der Waals surface area contributed by atoms with Crippen LogP contribution in [0.2, 0.25) is 0 Å². The number of hydrogen-bond acceptors (Lipinski definition) is 4. The number of amides is 1. The fourth-order valence-corrected chi connectivity index (χ4v) is 2.08. The van der Waals surface area contributed by atoms with E-state index in [-0.39, 0.29) is 17.7 Å². The van der Waals surface area contributed by atoms with Crippen molar-refractivity contribution < 1.29 is 14.6 Å². The molecule has 1 heterocycles. The van der Waals surface area contributed by atoms with Crippen molar-refractivity contribution >= 4 is 11.6 Å². The monoisotopic (exact) mass is 264 g/mol. The number of phenolic OH excluding ortho intramolecular Hbond substituents is 1. The fraction of sp³-hybridized carbons (Fsp3) is 0.500. The van der Waals surface area contributed by atoms with E-state index in [1.807, 2.05) is 13.0 Å². The molecule has 1 unspecified atom stereocenters. The van der Waals surface area contributed by atoms with E-state index in [4.69, 9.17) is 4.74 Å². The van der Waals surface area contributed by atoms with E-state index in [1.165, 1.54) is 0 Å². The van der Waals surface area contributed by atoms with Gasteiger partial charge in [0.15, 0.2) is 0 Å². The summed E-state index contributed by atoms with van der Waals surface area (Å²) in [6.45, 7) is 4.04. The molecule has 19 heavy (non-hydrogen) atoms. The van der Waals surface area contributed by atoms with E-state index in [9.17, 15) is 9.90 Å². The Bertz CT molecular complexity index is 442. The molecule has 2 rings (SSSR count). The molecule has 1 aromatic carbocycles. The van der Waals surface area contributed by atoms with Gasteiger partial charge in [-0.2, -0.15) is 0 Å². The Morgan fingerprint density at radius 3 is 3.11 bits per heavy atom. The minimum atomic E-state index is -0.119. The summed E-state index contributed by atoms with van der Waals surface area (Å²) in [6.07, 6.45) is 1.21. The second kappa shape index (κ2) is 6.54. The van der Waals surface area contributed by atoms with Gasteiger partial charge in [0.1, 0.15) is 5.75 Å². The minimum absolute atomic E-state index is 0.0465. The number of benzene rings is 1. The van der Waals surface area contributed by atoms with Gasteiger partial charge in [0.05, 0.1) is 18.9 Å². The van der Waals surface area contributed by atoms with Crippen LogP contribution in [-0.4, -0.2) is 36.8 Å². The van der Waals surface area contributed by atoms with Crippen LogP contribution in [0.15, 0.2) is 18.2 Å². The lowest BCUT2D eigenvalue weighted by Crippen LogP contribution is -2.43. The Balaban J connectivity index is 1.94. The van der Waals surface area contributed by atoms with Crippen LogP contribution in [0.4, 0.5) is 5.69 Å². The van der Waals surface area contributed by atoms with Gasteiger partial charge in [-0.3, -0.25) is 4.79 Å². The number of nitrogens with one attached hydrogen (secondary N) is 2. The zero-order valence-electron chi connectivity index (χ0n) is 11.1. The lowest BCUT2D eigenvalue weighted by molar-refractivity contribution is -0.117. The Morgan fingerprint density at radius 2 is 2.42 bits per heavy atom. The number of carbonyl (C=O) groups is 1. The van der Waals surface area contributed by atoms with Gasteiger partial charge >= 0.3 is 0 Å². The lowest BCUT2D eigenvalue weighted by atomic mass is 10.1. The summed E-state index contributed by atoms with van der Waals surface area (Å²) in [4.78, 5) is 11.9. The number of aromatic hydroxyl groups is 1. The van der Waals surface area contributed by atoms with Crippen molar-refractivity contribution in [3.05, 3.63) is 23.8 Å². The summed E-state index contributed by atoms with van der Waals surface area (Å²) >= 11 is 0. The zero-order valence-corrected chi connectivity index (χ0v) is 11.1. The maximum absolute atomic E-state index is 11.9. The molecule has 0 saturated carbocycles. The SMILES string of the molecule is CCc1ccc(O)c(NC(=O)CC2COCCN2)c1. The maximum atomic E-state index is 11.9. The number of carbonyl (C=O) groups excluding carboxylic acids is 1. The van der Waals surface area contributed by atoms with Gasteiger partial charge in [-0.1, -0.05) is 13.0 Å². The summed E-state index contributed by atoms with van der Waals surface area (Å²) < 4.78 is 5.30. The van der Waals surface area contributed by atoms with Crippen molar-refractivity contribution in [3.63, 3.8) is 0 Å². The first kappa shape index (κ1) is 13.8. The third-order valence-corrected chi connectivity index (χ3v) is 3.17. The molecule has 1 aromatic rings. The average molecular weight is 264 g/mol. The molecule has 104 valence electrons. The van der Waals surface area contributed by atoms with Crippen LogP contribution in [0.25, 0.3) is 0 Å². The molecule has 5 nitrogen and oxygen atoms in total. The van der Waals surface area contributed by atoms with Crippen molar-refractivity contribution in [2.24, 2.45) is 0 Å². The molecule has 0 spiro atoms. The van der Waals surface area contributed by atoms with Crippen LogP contribution in [0.3, 0.4) is 0 Å². The van der Waals surface area contributed by atoms with E-state index in [1.54, 1.807) is 12.1 Å². The summed E-state index contributed by atoms with van der Waals surface area (Å²) in [5.41, 5.74) is 1.55. The summed E-state index contributed by atoms with van der Waals surface area (Å²) in [6, 6.07) is 5.31. The summed E-state index contributed by atoms with van der Waals surface area (Å²) in [7, 11) is 0. The molecule has 1 aliphatic heterocycles. The molecule has 1 fully saturated rings. The minimum Gasteiger partial charge on any atom is -0.506 e. The molecule has 0 radical (unpaired) electrons. The number of rotatable bonds is 4. The van der Waals surface area contributed by atoms with Crippen molar-refractivity contribution in [1.82, 2.24) is 5.32 Å². The van der Waals surface area contributed by atoms with Crippen LogP contribution in [0, 0.1) is 0 Å². The zero-order chi connectivity index (χ0) is 13.7. The molecular weight excluding hydrogens is 244 g/mol. The second-order valence-corrected chi connectivity index (χ2v) is 4.68. The number of aryl methyl sites for hydroxylation is 1. The van der Waals surface area contributed by atoms with E-state index in [0.717, 1.165) is 18.5 Å². The lowest BCUT2D eigenvalue weighted by Gasteiger charge is -2.23. The van der Waals surface area contributed by atoms with Crippen molar-refractivity contribution in [3.8, 4) is 5.75 Å². The van der Waals surface area contributed by atoms with Gasteiger partial charge in [0.2, 0.25) is 5.91 Å². The largest absolute Gasteiger partial charge is 0.506 e. The predicted molar refractivity (Wildman–Crippen MR) is 73.3 cm³/mol. The molecule has 0 aromatic heterocycles. The smallest absolute Gasteiger partial charge is 0.226 e. The highest BCUT2D eigenvalue weighted by atomic mass is 16.5. The standard InChI is InChI=1S/C14H20N2O3/c1-2-10-3-4-13(17)12(7-10)16-14(18)8-11-9-19-6-5-15-11/h3-4,7,11,15,17H,2,5-6,8-9H2,1H3,(H,16,18). The Labute approximate surface area is 113 Å². The van der Waals surface area contributed by atoms with Crippen LogP contribution in [-0.2, 0) is 16.0 Å². The molecule has 0 bridgehead atoms. The molecule has 1 saturated heterocycles. The van der Waals surface area contributed by atoms with Crippen molar-refractivity contribution in [2.45, 2.75) is 25.8 Å². The predicted octanol–water partition coefficient (Wildman–Crippen LogP) is 1.27. The Hall–Kier alpha value is -1.59. The first-order valence-electron chi connectivity index (χ1n) is 6.62. The van der Waals surface area contributed by atoms with Gasteiger partial charge in [-0.15, -0.1) is 0 Å². The van der Waals surface area contributed by atoms with Crippen molar-refractivity contribution in [1.29, 1.82) is 0 Å². The van der Waals surface area contributed by atoms with Crippen LogP contribution in [0.1, 0.15) is 18.9 Å². The quantitative estimate of drug-likeness (QED) is 0.716. The Kier molecular flexibility index (Phi) is 4.76. The van der Waals surface area contributed by atoms with Gasteiger partial charge in [-0.05, 0) is 24.1 Å². The topological polar surface area (TPSA) is 70.6 Å². The number of hydrogen-bond donors (Lipinski definition) is 3. The van der Waals surface area contributed by atoms with Gasteiger partial charge < -0.3 is 20.5 Å². The van der Waals surface area contributed by atoms with Gasteiger partial charge in [0, 0.05) is 19.0 Å². The van der Waals surface area contributed by atoms with Crippen LogP contribution in [0.5, 0.6) is 5.75 Å². The second-order valence-electron chi connectivity index (χ2n) is 4.68. The van der Waals surface area contributed by atoms with Gasteiger partial charge in [-0.25, -0.2) is 0 Å². The maximum Gasteiger partial charge on any atom is 0.226 e. The normalized spacial score (nSPS) is 19.1. The number of anilines is 1. The molecule has 0 aliphatic carbocycles. The molecule has 1 amide bonds. The highest BCUT2D eigenvalue weighted by Crippen LogP contribution is 2.24. The third-order valence-electron chi connectivity index (χ3n) is 3.17. The van der Waals surface area contributed by atoms with Gasteiger partial charge in [0.25, 0.3) is 0 Å². The van der Waals surface area contributed by atoms with E-state index in [2.05, 4.69) is 10.6 Å². The van der Waals surface area contributed by atoms with E-state index in [0.29, 0.717) is 25.3 Å². The van der Waals surface area contributed by atoms with Crippen molar-refractivity contribution in [2.75, 3.05) is 25.1 Å². The highest BCUT2D eigenvalue weighted by molar-refractivity contribution is 5.92.